The number of benzene rings is 1. The standard InChI is InChI=1S/C18H21N3O2S/c1-5-22-13(3)23-16-10-11-19-17(12(16)2)18-20-14-8-6-7-9-15(14)21(18)24-4/h6-11,13H,5H2,1-4H3. The monoisotopic (exact) mass is 343 g/mol. The smallest absolute Gasteiger partial charge is 0.196 e. The van der Waals surface area contributed by atoms with Gasteiger partial charge in [-0.2, -0.15) is 0 Å². The van der Waals surface area contributed by atoms with Crippen LogP contribution in [0.4, 0.5) is 0 Å². The van der Waals surface area contributed by atoms with Crippen LogP contribution in [0.25, 0.3) is 22.6 Å². The molecule has 0 radical (unpaired) electrons. The molecule has 0 aliphatic rings. The maximum Gasteiger partial charge on any atom is 0.196 e. The van der Waals surface area contributed by atoms with Crippen molar-refractivity contribution in [1.29, 1.82) is 0 Å². The van der Waals surface area contributed by atoms with Crippen LogP contribution in [0.5, 0.6) is 5.75 Å². The van der Waals surface area contributed by atoms with E-state index in [1.165, 1.54) is 0 Å². The Bertz CT molecular complexity index is 847. The molecule has 1 atom stereocenters. The fourth-order valence-corrected chi connectivity index (χ4v) is 3.31. The molecule has 0 saturated carbocycles. The number of hydrogen-bond acceptors (Lipinski definition) is 5. The van der Waals surface area contributed by atoms with E-state index in [1.807, 2.05) is 51.3 Å². The number of pyridine rings is 1. The Balaban J connectivity index is 2.07. The number of imidazole rings is 1. The minimum atomic E-state index is -0.302. The van der Waals surface area contributed by atoms with Gasteiger partial charge in [0.15, 0.2) is 12.1 Å². The zero-order valence-corrected chi connectivity index (χ0v) is 15.1. The molecule has 2 aromatic heterocycles. The van der Waals surface area contributed by atoms with Crippen molar-refractivity contribution in [1.82, 2.24) is 13.9 Å². The second-order valence-corrected chi connectivity index (χ2v) is 6.05. The van der Waals surface area contributed by atoms with Crippen LogP contribution < -0.4 is 4.74 Å². The van der Waals surface area contributed by atoms with Crippen LogP contribution in [-0.4, -0.2) is 33.1 Å². The molecule has 0 N–H and O–H groups in total. The van der Waals surface area contributed by atoms with Crippen molar-refractivity contribution >= 4 is 23.0 Å². The van der Waals surface area contributed by atoms with E-state index in [0.717, 1.165) is 33.9 Å². The molecule has 3 rings (SSSR count). The largest absolute Gasteiger partial charge is 0.465 e. The molecule has 5 nitrogen and oxygen atoms in total. The summed E-state index contributed by atoms with van der Waals surface area (Å²) in [6, 6.07) is 9.95. The molecule has 1 aromatic carbocycles. The lowest BCUT2D eigenvalue weighted by Gasteiger charge is -2.17. The van der Waals surface area contributed by atoms with Crippen LogP contribution in [0.15, 0.2) is 36.5 Å². The van der Waals surface area contributed by atoms with E-state index in [2.05, 4.69) is 15.0 Å². The fourth-order valence-electron chi connectivity index (χ4n) is 2.66. The van der Waals surface area contributed by atoms with Gasteiger partial charge in [0.25, 0.3) is 0 Å². The maximum absolute atomic E-state index is 5.89. The molecule has 126 valence electrons. The van der Waals surface area contributed by atoms with Gasteiger partial charge in [0.2, 0.25) is 0 Å². The highest BCUT2D eigenvalue weighted by Crippen LogP contribution is 2.32. The van der Waals surface area contributed by atoms with Gasteiger partial charge in [0, 0.05) is 24.6 Å². The first-order valence-electron chi connectivity index (χ1n) is 7.92. The van der Waals surface area contributed by atoms with E-state index < -0.39 is 0 Å². The van der Waals surface area contributed by atoms with E-state index in [0.29, 0.717) is 6.61 Å². The number of nitrogens with zero attached hydrogens (tertiary/aromatic N) is 3. The van der Waals surface area contributed by atoms with Gasteiger partial charge in [-0.05, 0) is 50.9 Å². The average Bonchev–Trinajstić information content (AvgIpc) is 2.95. The van der Waals surface area contributed by atoms with Gasteiger partial charge < -0.3 is 9.47 Å². The van der Waals surface area contributed by atoms with Gasteiger partial charge in [-0.25, -0.2) is 4.98 Å². The number of hydrogen-bond donors (Lipinski definition) is 0. The van der Waals surface area contributed by atoms with Crippen molar-refractivity contribution < 1.29 is 9.47 Å². The third-order valence-corrected chi connectivity index (χ3v) is 4.50. The SMILES string of the molecule is CCOC(C)Oc1ccnc(-c2nc3ccccc3n2SC)c1C. The Morgan fingerprint density at radius 2 is 2.04 bits per heavy atom. The molecule has 0 aliphatic heterocycles. The summed E-state index contributed by atoms with van der Waals surface area (Å²) < 4.78 is 13.5. The van der Waals surface area contributed by atoms with Crippen LogP contribution in [0, 0.1) is 6.92 Å². The first-order chi connectivity index (χ1) is 11.7. The van der Waals surface area contributed by atoms with E-state index in [1.54, 1.807) is 18.1 Å². The summed E-state index contributed by atoms with van der Waals surface area (Å²) in [5, 5.41) is 0. The average molecular weight is 343 g/mol. The van der Waals surface area contributed by atoms with Crippen molar-refractivity contribution in [2.24, 2.45) is 0 Å². The molecule has 1 unspecified atom stereocenters. The van der Waals surface area contributed by atoms with Crippen LogP contribution in [0.1, 0.15) is 19.4 Å². The Morgan fingerprint density at radius 3 is 2.79 bits per heavy atom. The number of fused-ring (bicyclic) bond motifs is 1. The van der Waals surface area contributed by atoms with Crippen molar-refractivity contribution in [2.45, 2.75) is 27.1 Å². The fraction of sp³-hybridized carbons (Fsp3) is 0.333. The summed E-state index contributed by atoms with van der Waals surface area (Å²) in [7, 11) is 0. The third-order valence-electron chi connectivity index (χ3n) is 3.76. The Morgan fingerprint density at radius 1 is 1.25 bits per heavy atom. The first-order valence-corrected chi connectivity index (χ1v) is 9.10. The van der Waals surface area contributed by atoms with Gasteiger partial charge >= 0.3 is 0 Å². The third kappa shape index (κ3) is 3.12. The van der Waals surface area contributed by atoms with E-state index in [9.17, 15) is 0 Å². The lowest BCUT2D eigenvalue weighted by atomic mass is 10.2. The summed E-state index contributed by atoms with van der Waals surface area (Å²) in [4.78, 5) is 9.31. The van der Waals surface area contributed by atoms with Crippen molar-refractivity contribution in [3.8, 4) is 17.3 Å². The number of para-hydroxylation sites is 2. The van der Waals surface area contributed by atoms with E-state index in [-0.39, 0.29) is 6.29 Å². The highest BCUT2D eigenvalue weighted by Gasteiger charge is 2.18. The van der Waals surface area contributed by atoms with Gasteiger partial charge in [-0.3, -0.25) is 8.96 Å². The maximum atomic E-state index is 5.89. The predicted octanol–water partition coefficient (Wildman–Crippen LogP) is 4.29. The quantitative estimate of drug-likeness (QED) is 0.625. The second kappa shape index (κ2) is 7.23. The topological polar surface area (TPSA) is 49.2 Å². The molecule has 2 heterocycles. The molecule has 0 fully saturated rings. The summed E-state index contributed by atoms with van der Waals surface area (Å²) in [5.41, 5.74) is 3.81. The molecule has 0 spiro atoms. The number of rotatable bonds is 6. The van der Waals surface area contributed by atoms with Gasteiger partial charge in [0.1, 0.15) is 11.4 Å². The first kappa shape index (κ1) is 16.8. The highest BCUT2D eigenvalue weighted by molar-refractivity contribution is 7.97. The van der Waals surface area contributed by atoms with Crippen LogP contribution in [0.2, 0.25) is 0 Å². The van der Waals surface area contributed by atoms with Crippen molar-refractivity contribution in [2.75, 3.05) is 12.9 Å². The Hall–Kier alpha value is -2.05. The van der Waals surface area contributed by atoms with Crippen LogP contribution in [-0.2, 0) is 4.74 Å². The summed E-state index contributed by atoms with van der Waals surface area (Å²) in [6.45, 7) is 6.45. The van der Waals surface area contributed by atoms with Crippen molar-refractivity contribution in [3.05, 3.63) is 42.1 Å². The van der Waals surface area contributed by atoms with Gasteiger partial charge in [-0.15, -0.1) is 0 Å². The number of aromatic nitrogens is 3. The lowest BCUT2D eigenvalue weighted by molar-refractivity contribution is -0.0616. The molecule has 0 amide bonds. The van der Waals surface area contributed by atoms with Crippen LogP contribution in [0.3, 0.4) is 0 Å². The Kier molecular flexibility index (Phi) is 5.06. The highest BCUT2D eigenvalue weighted by atomic mass is 32.2. The van der Waals surface area contributed by atoms with Gasteiger partial charge in [-0.1, -0.05) is 12.1 Å². The van der Waals surface area contributed by atoms with E-state index in [4.69, 9.17) is 14.5 Å². The lowest BCUT2D eigenvalue weighted by Crippen LogP contribution is -2.16. The summed E-state index contributed by atoms with van der Waals surface area (Å²) in [6.07, 6.45) is 3.48. The summed E-state index contributed by atoms with van der Waals surface area (Å²) >= 11 is 1.61. The minimum Gasteiger partial charge on any atom is -0.465 e. The molecule has 0 saturated heterocycles. The normalized spacial score (nSPS) is 12.5. The van der Waals surface area contributed by atoms with Crippen molar-refractivity contribution in [3.63, 3.8) is 0 Å². The Labute approximate surface area is 146 Å². The molecule has 24 heavy (non-hydrogen) atoms. The number of ether oxygens (including phenoxy) is 2. The molecular weight excluding hydrogens is 322 g/mol. The van der Waals surface area contributed by atoms with Crippen LogP contribution >= 0.6 is 11.9 Å². The van der Waals surface area contributed by atoms with Gasteiger partial charge in [0.05, 0.1) is 11.0 Å². The molecule has 6 heteroatoms. The molecule has 0 bridgehead atoms. The summed E-state index contributed by atoms with van der Waals surface area (Å²) in [5.74, 6) is 1.59. The minimum absolute atomic E-state index is 0.302. The zero-order chi connectivity index (χ0) is 17.1. The second-order valence-electron chi connectivity index (χ2n) is 5.32. The predicted molar refractivity (Wildman–Crippen MR) is 98.3 cm³/mol. The van der Waals surface area contributed by atoms with E-state index >= 15 is 0 Å². The molecule has 0 aliphatic carbocycles. The zero-order valence-electron chi connectivity index (χ0n) is 14.3. The molecule has 3 aromatic rings. The molecular formula is C18H21N3O2S.